The third-order valence-electron chi connectivity index (χ3n) is 3.82. The zero-order valence-electron chi connectivity index (χ0n) is 14.8. The van der Waals surface area contributed by atoms with E-state index >= 15 is 0 Å². The Labute approximate surface area is 153 Å². The van der Waals surface area contributed by atoms with E-state index in [1.165, 1.54) is 5.56 Å². The Bertz CT molecular complexity index is 878. The molecule has 0 unspecified atom stereocenters. The fourth-order valence-electron chi connectivity index (χ4n) is 2.41. The van der Waals surface area contributed by atoms with Gasteiger partial charge in [0.05, 0.1) is 11.9 Å². The predicted octanol–water partition coefficient (Wildman–Crippen LogP) is 4.46. The van der Waals surface area contributed by atoms with E-state index in [-0.39, 0.29) is 12.5 Å². The molecule has 1 amide bonds. The van der Waals surface area contributed by atoms with Crippen molar-refractivity contribution in [1.29, 1.82) is 0 Å². The van der Waals surface area contributed by atoms with Crippen molar-refractivity contribution in [3.63, 3.8) is 0 Å². The van der Waals surface area contributed by atoms with Gasteiger partial charge >= 0.3 is 0 Å². The summed E-state index contributed by atoms with van der Waals surface area (Å²) in [5.41, 5.74) is 3.97. The molecule has 0 saturated heterocycles. The van der Waals surface area contributed by atoms with Crippen LogP contribution in [0.1, 0.15) is 11.1 Å². The number of carbonyl (C=O) groups is 1. The first-order valence-corrected chi connectivity index (χ1v) is 8.38. The van der Waals surface area contributed by atoms with Crippen LogP contribution in [0.25, 0.3) is 0 Å². The van der Waals surface area contributed by atoms with Crippen LogP contribution in [0.4, 0.5) is 17.2 Å². The summed E-state index contributed by atoms with van der Waals surface area (Å²) < 4.78 is 5.42. The standard InChI is InChI=1S/C21H21N3O2/c1-15-8-9-16(2)19(12-15)24-20-11-10-17(13-22-20)23-21(25)14-26-18-6-4-3-5-7-18/h3-13H,14H2,1-2H3,(H,22,24)(H,23,25). The summed E-state index contributed by atoms with van der Waals surface area (Å²) in [6.07, 6.45) is 1.62. The number of benzene rings is 2. The van der Waals surface area contributed by atoms with Crippen molar-refractivity contribution in [2.24, 2.45) is 0 Å². The van der Waals surface area contributed by atoms with E-state index in [0.717, 1.165) is 17.1 Å². The summed E-state index contributed by atoms with van der Waals surface area (Å²) in [7, 11) is 0. The monoisotopic (exact) mass is 347 g/mol. The lowest BCUT2D eigenvalue weighted by Crippen LogP contribution is -2.20. The minimum Gasteiger partial charge on any atom is -0.484 e. The van der Waals surface area contributed by atoms with Crippen LogP contribution in [-0.2, 0) is 4.79 Å². The highest BCUT2D eigenvalue weighted by atomic mass is 16.5. The van der Waals surface area contributed by atoms with E-state index in [1.807, 2.05) is 50.2 Å². The van der Waals surface area contributed by atoms with E-state index in [0.29, 0.717) is 11.4 Å². The SMILES string of the molecule is Cc1ccc(C)c(Nc2ccc(NC(=O)COc3ccccc3)cn2)c1. The zero-order chi connectivity index (χ0) is 18.4. The fourth-order valence-corrected chi connectivity index (χ4v) is 2.41. The Morgan fingerprint density at radius 3 is 2.58 bits per heavy atom. The Balaban J connectivity index is 1.55. The second kappa shape index (κ2) is 8.16. The van der Waals surface area contributed by atoms with Crippen molar-refractivity contribution < 1.29 is 9.53 Å². The largest absolute Gasteiger partial charge is 0.484 e. The normalized spacial score (nSPS) is 10.2. The van der Waals surface area contributed by atoms with E-state index in [2.05, 4.69) is 33.8 Å². The van der Waals surface area contributed by atoms with Crippen molar-refractivity contribution in [1.82, 2.24) is 4.98 Å². The number of anilines is 3. The number of aromatic nitrogens is 1. The summed E-state index contributed by atoms with van der Waals surface area (Å²) >= 11 is 0. The molecule has 0 aliphatic carbocycles. The van der Waals surface area contributed by atoms with Gasteiger partial charge in [-0.05, 0) is 55.3 Å². The van der Waals surface area contributed by atoms with Crippen molar-refractivity contribution in [3.8, 4) is 5.75 Å². The van der Waals surface area contributed by atoms with Crippen molar-refractivity contribution in [3.05, 3.63) is 78.0 Å². The van der Waals surface area contributed by atoms with Gasteiger partial charge in [0.2, 0.25) is 0 Å². The van der Waals surface area contributed by atoms with Crippen LogP contribution < -0.4 is 15.4 Å². The van der Waals surface area contributed by atoms with Crippen LogP contribution in [0.15, 0.2) is 66.9 Å². The van der Waals surface area contributed by atoms with Gasteiger partial charge in [0.15, 0.2) is 6.61 Å². The number of nitrogens with zero attached hydrogens (tertiary/aromatic N) is 1. The fraction of sp³-hybridized carbons (Fsp3) is 0.143. The molecule has 5 nitrogen and oxygen atoms in total. The molecule has 2 aromatic carbocycles. The number of ether oxygens (including phenoxy) is 1. The number of para-hydroxylation sites is 1. The molecule has 0 bridgehead atoms. The second-order valence-corrected chi connectivity index (χ2v) is 6.03. The number of hydrogen-bond acceptors (Lipinski definition) is 4. The first-order chi connectivity index (χ1) is 12.6. The number of aryl methyl sites for hydroxylation is 2. The van der Waals surface area contributed by atoms with Crippen LogP contribution >= 0.6 is 0 Å². The topological polar surface area (TPSA) is 63.2 Å². The van der Waals surface area contributed by atoms with Crippen LogP contribution in [0.3, 0.4) is 0 Å². The number of pyridine rings is 1. The molecule has 0 atom stereocenters. The van der Waals surface area contributed by atoms with Crippen molar-refractivity contribution in [2.45, 2.75) is 13.8 Å². The van der Waals surface area contributed by atoms with Crippen molar-refractivity contribution in [2.75, 3.05) is 17.2 Å². The molecule has 0 fully saturated rings. The summed E-state index contributed by atoms with van der Waals surface area (Å²) in [6, 6.07) is 19.1. The molecule has 0 aliphatic rings. The molecule has 0 saturated carbocycles. The first kappa shape index (κ1) is 17.5. The molecular formula is C21H21N3O2. The number of hydrogen-bond donors (Lipinski definition) is 2. The van der Waals surface area contributed by atoms with Gasteiger partial charge in [0, 0.05) is 5.69 Å². The molecule has 5 heteroatoms. The van der Waals surface area contributed by atoms with E-state index in [1.54, 1.807) is 12.3 Å². The van der Waals surface area contributed by atoms with Gasteiger partial charge in [-0.2, -0.15) is 0 Å². The lowest BCUT2D eigenvalue weighted by Gasteiger charge is -2.11. The minimum absolute atomic E-state index is 0.0491. The highest BCUT2D eigenvalue weighted by Gasteiger charge is 2.05. The van der Waals surface area contributed by atoms with Gasteiger partial charge in [0.25, 0.3) is 5.91 Å². The first-order valence-electron chi connectivity index (χ1n) is 8.38. The smallest absolute Gasteiger partial charge is 0.262 e. The van der Waals surface area contributed by atoms with Crippen LogP contribution in [0.2, 0.25) is 0 Å². The van der Waals surface area contributed by atoms with E-state index in [4.69, 9.17) is 4.74 Å². The lowest BCUT2D eigenvalue weighted by molar-refractivity contribution is -0.118. The van der Waals surface area contributed by atoms with Crippen LogP contribution in [-0.4, -0.2) is 17.5 Å². The van der Waals surface area contributed by atoms with Gasteiger partial charge < -0.3 is 15.4 Å². The average molecular weight is 347 g/mol. The number of nitrogens with one attached hydrogen (secondary N) is 2. The predicted molar refractivity (Wildman–Crippen MR) is 104 cm³/mol. The number of amides is 1. The Hall–Kier alpha value is -3.34. The summed E-state index contributed by atoms with van der Waals surface area (Å²) in [6.45, 7) is 4.05. The zero-order valence-corrected chi connectivity index (χ0v) is 14.8. The summed E-state index contributed by atoms with van der Waals surface area (Å²) in [5.74, 6) is 1.15. The Morgan fingerprint density at radius 2 is 1.85 bits per heavy atom. The maximum atomic E-state index is 12.0. The second-order valence-electron chi connectivity index (χ2n) is 6.03. The Morgan fingerprint density at radius 1 is 1.04 bits per heavy atom. The highest BCUT2D eigenvalue weighted by Crippen LogP contribution is 2.21. The molecule has 1 heterocycles. The van der Waals surface area contributed by atoms with Gasteiger partial charge in [-0.25, -0.2) is 4.98 Å². The Kier molecular flexibility index (Phi) is 5.49. The molecule has 0 spiro atoms. The minimum atomic E-state index is -0.231. The maximum Gasteiger partial charge on any atom is 0.262 e. The summed E-state index contributed by atoms with van der Waals surface area (Å²) in [4.78, 5) is 16.3. The van der Waals surface area contributed by atoms with Crippen molar-refractivity contribution >= 4 is 23.1 Å². The quantitative estimate of drug-likeness (QED) is 0.691. The van der Waals surface area contributed by atoms with Gasteiger partial charge in [-0.3, -0.25) is 4.79 Å². The van der Waals surface area contributed by atoms with Crippen LogP contribution in [0.5, 0.6) is 5.75 Å². The molecule has 132 valence electrons. The highest BCUT2D eigenvalue weighted by molar-refractivity contribution is 5.91. The van der Waals surface area contributed by atoms with Gasteiger partial charge in [-0.1, -0.05) is 30.3 Å². The molecule has 0 radical (unpaired) electrons. The third-order valence-corrected chi connectivity index (χ3v) is 3.82. The van der Waals surface area contributed by atoms with Gasteiger partial charge in [0.1, 0.15) is 11.6 Å². The number of carbonyl (C=O) groups excluding carboxylic acids is 1. The molecule has 26 heavy (non-hydrogen) atoms. The average Bonchev–Trinajstić information content (AvgIpc) is 2.65. The van der Waals surface area contributed by atoms with Crippen LogP contribution in [0, 0.1) is 13.8 Å². The van der Waals surface area contributed by atoms with E-state index < -0.39 is 0 Å². The summed E-state index contributed by atoms with van der Waals surface area (Å²) in [5, 5.41) is 6.06. The lowest BCUT2D eigenvalue weighted by atomic mass is 10.1. The number of rotatable bonds is 6. The maximum absolute atomic E-state index is 12.0. The molecule has 3 aromatic rings. The molecule has 0 aliphatic heterocycles. The third kappa shape index (κ3) is 4.83. The molecule has 3 rings (SSSR count). The molecule has 1 aromatic heterocycles. The van der Waals surface area contributed by atoms with E-state index in [9.17, 15) is 4.79 Å². The molecular weight excluding hydrogens is 326 g/mol. The van der Waals surface area contributed by atoms with Gasteiger partial charge in [-0.15, -0.1) is 0 Å². The molecule has 2 N–H and O–H groups in total.